The summed E-state index contributed by atoms with van der Waals surface area (Å²) in [7, 11) is 0. The SMILES string of the molecule is C/C=[C]/OC(=O)C(C)C. The summed E-state index contributed by atoms with van der Waals surface area (Å²) in [4.78, 5) is 10.6. The average molecular weight is 127 g/mol. The van der Waals surface area contributed by atoms with E-state index in [1.54, 1.807) is 26.8 Å². The molecule has 1 radical (unpaired) electrons. The number of carbonyl (C=O) groups excluding carboxylic acids is 1. The standard InChI is InChI=1S/C7H11O2/c1-4-5-9-7(8)6(2)3/h4,6H,1-3H3. The van der Waals surface area contributed by atoms with Crippen molar-refractivity contribution in [2.75, 3.05) is 0 Å². The fourth-order valence-electron chi connectivity index (χ4n) is 0.235. The summed E-state index contributed by atoms with van der Waals surface area (Å²) >= 11 is 0. The van der Waals surface area contributed by atoms with E-state index < -0.39 is 0 Å². The van der Waals surface area contributed by atoms with Gasteiger partial charge in [0.05, 0.1) is 5.92 Å². The Morgan fingerprint density at radius 3 is 2.56 bits per heavy atom. The number of esters is 1. The zero-order valence-electron chi connectivity index (χ0n) is 5.97. The summed E-state index contributed by atoms with van der Waals surface area (Å²) in [5, 5.41) is 0. The molecule has 0 aromatic carbocycles. The zero-order chi connectivity index (χ0) is 7.28. The van der Waals surface area contributed by atoms with Crippen LogP contribution in [0.3, 0.4) is 0 Å². The maximum atomic E-state index is 10.6. The Labute approximate surface area is 55.5 Å². The van der Waals surface area contributed by atoms with E-state index in [4.69, 9.17) is 0 Å². The molecule has 9 heavy (non-hydrogen) atoms. The largest absolute Gasteiger partial charge is 0.423 e. The molecule has 0 N–H and O–H groups in total. The summed E-state index contributed by atoms with van der Waals surface area (Å²) in [6.07, 6.45) is 3.91. The first-order valence-corrected chi connectivity index (χ1v) is 2.92. The van der Waals surface area contributed by atoms with Crippen molar-refractivity contribution in [3.8, 4) is 0 Å². The Balaban J connectivity index is 3.51. The lowest BCUT2D eigenvalue weighted by Crippen LogP contribution is -2.07. The molecule has 51 valence electrons. The number of carbonyl (C=O) groups is 1. The van der Waals surface area contributed by atoms with Crippen molar-refractivity contribution in [3.63, 3.8) is 0 Å². The number of hydrogen-bond acceptors (Lipinski definition) is 2. The average Bonchev–Trinajstić information content (AvgIpc) is 1.82. The van der Waals surface area contributed by atoms with Crippen LogP contribution < -0.4 is 0 Å². The molecule has 2 heteroatoms. The van der Waals surface area contributed by atoms with Crippen molar-refractivity contribution in [1.29, 1.82) is 0 Å². The van der Waals surface area contributed by atoms with Crippen LogP contribution in [0.15, 0.2) is 6.08 Å². The lowest BCUT2D eigenvalue weighted by atomic mass is 10.2. The van der Waals surface area contributed by atoms with Gasteiger partial charge in [0.2, 0.25) is 0 Å². The summed E-state index contributed by atoms with van der Waals surface area (Å²) < 4.78 is 4.51. The molecule has 0 rings (SSSR count). The van der Waals surface area contributed by atoms with E-state index in [9.17, 15) is 4.79 Å². The molecule has 0 aliphatic rings. The van der Waals surface area contributed by atoms with E-state index in [-0.39, 0.29) is 11.9 Å². The highest BCUT2D eigenvalue weighted by molar-refractivity contribution is 5.71. The molecule has 0 aliphatic heterocycles. The Morgan fingerprint density at radius 2 is 2.22 bits per heavy atom. The summed E-state index contributed by atoms with van der Waals surface area (Å²) in [6.45, 7) is 5.30. The van der Waals surface area contributed by atoms with Gasteiger partial charge in [0.15, 0.2) is 6.26 Å². The van der Waals surface area contributed by atoms with Gasteiger partial charge in [0.1, 0.15) is 0 Å². The smallest absolute Gasteiger partial charge is 0.313 e. The van der Waals surface area contributed by atoms with Gasteiger partial charge in [-0.1, -0.05) is 13.8 Å². The van der Waals surface area contributed by atoms with E-state index >= 15 is 0 Å². The Bertz CT molecular complexity index is 114. The van der Waals surface area contributed by atoms with Crippen LogP contribution in [0.2, 0.25) is 0 Å². The van der Waals surface area contributed by atoms with Crippen molar-refractivity contribution >= 4 is 5.97 Å². The molecule has 2 nitrogen and oxygen atoms in total. The van der Waals surface area contributed by atoms with Crippen LogP contribution in [0.25, 0.3) is 0 Å². The topological polar surface area (TPSA) is 26.3 Å². The summed E-state index contributed by atoms with van der Waals surface area (Å²) in [5.41, 5.74) is 0. The van der Waals surface area contributed by atoms with E-state index in [1.807, 2.05) is 0 Å². The van der Waals surface area contributed by atoms with E-state index in [2.05, 4.69) is 11.0 Å². The van der Waals surface area contributed by atoms with Gasteiger partial charge in [-0.3, -0.25) is 4.79 Å². The molecule has 0 unspecified atom stereocenters. The number of ether oxygens (including phenoxy) is 1. The van der Waals surface area contributed by atoms with Crippen molar-refractivity contribution in [3.05, 3.63) is 12.3 Å². The first-order valence-electron chi connectivity index (χ1n) is 2.92. The molecular formula is C7H11O2. The van der Waals surface area contributed by atoms with Crippen LogP contribution in [-0.4, -0.2) is 5.97 Å². The zero-order valence-corrected chi connectivity index (χ0v) is 5.97. The van der Waals surface area contributed by atoms with Gasteiger partial charge in [-0.2, -0.15) is 0 Å². The van der Waals surface area contributed by atoms with Crippen LogP contribution in [0.5, 0.6) is 0 Å². The van der Waals surface area contributed by atoms with Gasteiger partial charge in [-0.05, 0) is 13.0 Å². The monoisotopic (exact) mass is 127 g/mol. The Kier molecular flexibility index (Phi) is 3.76. The Morgan fingerprint density at radius 1 is 1.67 bits per heavy atom. The third-order valence-electron chi connectivity index (χ3n) is 0.749. The van der Waals surface area contributed by atoms with Gasteiger partial charge in [0, 0.05) is 0 Å². The van der Waals surface area contributed by atoms with Gasteiger partial charge in [0.25, 0.3) is 0 Å². The number of hydrogen-bond donors (Lipinski definition) is 0. The second kappa shape index (κ2) is 4.13. The van der Waals surface area contributed by atoms with Gasteiger partial charge >= 0.3 is 5.97 Å². The van der Waals surface area contributed by atoms with E-state index in [0.29, 0.717) is 0 Å². The van der Waals surface area contributed by atoms with Crippen LogP contribution in [0, 0.1) is 12.2 Å². The predicted molar refractivity (Wildman–Crippen MR) is 34.4 cm³/mol. The minimum Gasteiger partial charge on any atom is -0.423 e. The fourth-order valence-corrected chi connectivity index (χ4v) is 0.235. The highest BCUT2D eigenvalue weighted by Crippen LogP contribution is 1.94. The molecule has 0 aromatic rings. The van der Waals surface area contributed by atoms with Crippen LogP contribution in [-0.2, 0) is 9.53 Å². The van der Waals surface area contributed by atoms with Crippen LogP contribution in [0.4, 0.5) is 0 Å². The van der Waals surface area contributed by atoms with Gasteiger partial charge < -0.3 is 4.74 Å². The highest BCUT2D eigenvalue weighted by Gasteiger charge is 2.05. The van der Waals surface area contributed by atoms with Crippen molar-refractivity contribution in [2.45, 2.75) is 20.8 Å². The van der Waals surface area contributed by atoms with E-state index in [0.717, 1.165) is 0 Å². The normalized spacial score (nSPS) is 10.7. The molecule has 0 spiro atoms. The minimum atomic E-state index is -0.242. The quantitative estimate of drug-likeness (QED) is 0.415. The first-order chi connectivity index (χ1) is 4.18. The second-order valence-electron chi connectivity index (χ2n) is 1.98. The van der Waals surface area contributed by atoms with Crippen LogP contribution >= 0.6 is 0 Å². The maximum Gasteiger partial charge on any atom is 0.313 e. The highest BCUT2D eigenvalue weighted by atomic mass is 16.5. The van der Waals surface area contributed by atoms with Gasteiger partial charge in [-0.15, -0.1) is 0 Å². The lowest BCUT2D eigenvalue weighted by Gasteiger charge is -1.98. The Hall–Kier alpha value is -0.790. The van der Waals surface area contributed by atoms with E-state index in [1.165, 1.54) is 0 Å². The fraction of sp³-hybridized carbons (Fsp3) is 0.571. The van der Waals surface area contributed by atoms with Crippen LogP contribution in [0.1, 0.15) is 20.8 Å². The molecule has 0 bridgehead atoms. The molecule has 0 saturated carbocycles. The lowest BCUT2D eigenvalue weighted by molar-refractivity contribution is -0.142. The number of allylic oxidation sites excluding steroid dienone is 1. The first kappa shape index (κ1) is 8.21. The molecule has 0 saturated heterocycles. The molecule has 0 fully saturated rings. The second-order valence-corrected chi connectivity index (χ2v) is 1.98. The predicted octanol–water partition coefficient (Wildman–Crippen LogP) is 1.52. The van der Waals surface area contributed by atoms with Crippen molar-refractivity contribution in [1.82, 2.24) is 0 Å². The molecule has 0 atom stereocenters. The molecule has 0 heterocycles. The molecule has 0 aliphatic carbocycles. The maximum absolute atomic E-state index is 10.6. The van der Waals surface area contributed by atoms with Crippen molar-refractivity contribution < 1.29 is 9.53 Å². The molecule has 0 amide bonds. The summed E-state index contributed by atoms with van der Waals surface area (Å²) in [5.74, 6) is -0.314. The third kappa shape index (κ3) is 3.76. The number of rotatable bonds is 2. The molecular weight excluding hydrogens is 116 g/mol. The van der Waals surface area contributed by atoms with Gasteiger partial charge in [-0.25, -0.2) is 0 Å². The molecule has 0 aromatic heterocycles. The third-order valence-corrected chi connectivity index (χ3v) is 0.749. The minimum absolute atomic E-state index is 0.0718. The summed E-state index contributed by atoms with van der Waals surface area (Å²) in [6, 6.07) is 0. The van der Waals surface area contributed by atoms with Crippen molar-refractivity contribution in [2.24, 2.45) is 5.92 Å².